The molecule has 0 aliphatic rings. The third-order valence-corrected chi connectivity index (χ3v) is 14.9. The summed E-state index contributed by atoms with van der Waals surface area (Å²) in [5.41, 5.74) is 0. The van der Waals surface area contributed by atoms with E-state index in [-0.39, 0.29) is 18.5 Å². The monoisotopic (exact) mass is 1010 g/mol. The number of aliphatic hydroxyl groups is 2. The number of ether oxygens (including phenoxy) is 1. The molecule has 0 heterocycles. The van der Waals surface area contributed by atoms with Crippen LogP contribution in [0.15, 0.2) is 36.5 Å². The van der Waals surface area contributed by atoms with E-state index < -0.39 is 12.1 Å². The van der Waals surface area contributed by atoms with E-state index in [2.05, 4.69) is 43.5 Å². The lowest BCUT2D eigenvalue weighted by molar-refractivity contribution is -0.143. The van der Waals surface area contributed by atoms with E-state index in [0.717, 1.165) is 77.0 Å². The number of amides is 1. The largest absolute Gasteiger partial charge is 0.466 e. The number of allylic oxidation sites excluding steroid dienone is 5. The Morgan fingerprint density at radius 3 is 1.03 bits per heavy atom. The van der Waals surface area contributed by atoms with Gasteiger partial charge in [0.1, 0.15) is 0 Å². The number of esters is 1. The van der Waals surface area contributed by atoms with Crippen LogP contribution in [0.1, 0.15) is 348 Å². The van der Waals surface area contributed by atoms with Crippen molar-refractivity contribution in [2.75, 3.05) is 13.2 Å². The molecule has 0 aliphatic heterocycles. The summed E-state index contributed by atoms with van der Waals surface area (Å²) in [5.74, 6) is -0.0852. The third-order valence-electron chi connectivity index (χ3n) is 14.9. The zero-order valence-electron chi connectivity index (χ0n) is 48.4. The van der Waals surface area contributed by atoms with Gasteiger partial charge in [0.05, 0.1) is 25.4 Å². The first kappa shape index (κ1) is 70.1. The van der Waals surface area contributed by atoms with Crippen LogP contribution in [0.2, 0.25) is 0 Å². The lowest BCUT2D eigenvalue weighted by Crippen LogP contribution is -2.45. The van der Waals surface area contributed by atoms with Gasteiger partial charge in [0.25, 0.3) is 0 Å². The van der Waals surface area contributed by atoms with Crippen LogP contribution in [-0.2, 0) is 14.3 Å². The molecule has 0 aromatic carbocycles. The Bertz CT molecular complexity index is 1170. The second-order valence-corrected chi connectivity index (χ2v) is 22.1. The van der Waals surface area contributed by atoms with E-state index in [1.54, 1.807) is 6.08 Å². The van der Waals surface area contributed by atoms with E-state index in [9.17, 15) is 19.8 Å². The lowest BCUT2D eigenvalue weighted by atomic mass is 10.0. The van der Waals surface area contributed by atoms with Crippen molar-refractivity contribution in [3.8, 4) is 0 Å². The summed E-state index contributed by atoms with van der Waals surface area (Å²) in [6, 6.07) is -0.636. The van der Waals surface area contributed by atoms with Crippen molar-refractivity contribution in [2.45, 2.75) is 360 Å². The molecule has 0 bridgehead atoms. The number of carbonyl (C=O) groups excluding carboxylic acids is 2. The van der Waals surface area contributed by atoms with Gasteiger partial charge in [-0.1, -0.05) is 307 Å². The Kier molecular flexibility index (Phi) is 60.0. The van der Waals surface area contributed by atoms with Gasteiger partial charge in [0.15, 0.2) is 0 Å². The molecule has 0 fully saturated rings. The fraction of sp³-hybridized carbons (Fsp3) is 0.879. The minimum Gasteiger partial charge on any atom is -0.466 e. The zero-order chi connectivity index (χ0) is 52.2. The third kappa shape index (κ3) is 57.4. The van der Waals surface area contributed by atoms with Crippen molar-refractivity contribution in [1.29, 1.82) is 0 Å². The van der Waals surface area contributed by atoms with Crippen molar-refractivity contribution in [2.24, 2.45) is 0 Å². The quantitative estimate of drug-likeness (QED) is 0.0244. The summed E-state index contributed by atoms with van der Waals surface area (Å²) in [6.07, 6.45) is 77.6. The maximum atomic E-state index is 12.5. The Labute approximate surface area is 449 Å². The van der Waals surface area contributed by atoms with E-state index in [0.29, 0.717) is 19.4 Å². The second-order valence-electron chi connectivity index (χ2n) is 22.1. The first-order chi connectivity index (χ1) is 35.5. The van der Waals surface area contributed by atoms with Gasteiger partial charge in [-0.25, -0.2) is 0 Å². The van der Waals surface area contributed by atoms with Gasteiger partial charge in [-0.05, 0) is 64.2 Å². The SMILES string of the molecule is CCCCCCCCCCCCCCCCCCC/C=C/C(O)C(CO)NC(=O)CCCCCCCCCCCC/C=C\C=C/CCCCCOC(=O)CCCCCCCCCCCCCCCCCCC. The topological polar surface area (TPSA) is 95.9 Å². The highest BCUT2D eigenvalue weighted by Gasteiger charge is 2.18. The summed E-state index contributed by atoms with van der Waals surface area (Å²) in [6.45, 7) is 4.89. The second kappa shape index (κ2) is 61.6. The Morgan fingerprint density at radius 2 is 0.681 bits per heavy atom. The van der Waals surface area contributed by atoms with E-state index in [1.165, 1.54) is 244 Å². The normalized spacial score (nSPS) is 12.8. The van der Waals surface area contributed by atoms with Gasteiger partial charge >= 0.3 is 5.97 Å². The molecule has 0 aliphatic carbocycles. The predicted molar refractivity (Wildman–Crippen MR) is 315 cm³/mol. The summed E-state index contributed by atoms with van der Waals surface area (Å²) < 4.78 is 5.47. The number of carbonyl (C=O) groups is 2. The summed E-state index contributed by atoms with van der Waals surface area (Å²) in [4.78, 5) is 24.6. The molecule has 72 heavy (non-hydrogen) atoms. The number of nitrogens with one attached hydrogen (secondary N) is 1. The smallest absolute Gasteiger partial charge is 0.305 e. The Balaban J connectivity index is 3.49. The average Bonchev–Trinajstić information content (AvgIpc) is 3.38. The minimum atomic E-state index is -0.852. The van der Waals surface area contributed by atoms with Crippen LogP contribution in [0, 0.1) is 0 Å². The summed E-state index contributed by atoms with van der Waals surface area (Å²) >= 11 is 0. The van der Waals surface area contributed by atoms with Crippen molar-refractivity contribution < 1.29 is 24.5 Å². The predicted octanol–water partition coefficient (Wildman–Crippen LogP) is 20.4. The number of hydrogen-bond acceptors (Lipinski definition) is 5. The highest BCUT2D eigenvalue weighted by molar-refractivity contribution is 5.76. The lowest BCUT2D eigenvalue weighted by Gasteiger charge is -2.20. The summed E-state index contributed by atoms with van der Waals surface area (Å²) in [7, 11) is 0. The first-order valence-corrected chi connectivity index (χ1v) is 32.3. The fourth-order valence-corrected chi connectivity index (χ4v) is 9.98. The average molecular weight is 1010 g/mol. The molecule has 0 saturated carbocycles. The van der Waals surface area contributed by atoms with Gasteiger partial charge in [0, 0.05) is 12.8 Å². The highest BCUT2D eigenvalue weighted by atomic mass is 16.5. The molecule has 0 saturated heterocycles. The maximum absolute atomic E-state index is 12.5. The molecule has 0 aromatic rings. The number of aliphatic hydroxyl groups excluding tert-OH is 2. The van der Waals surface area contributed by atoms with Crippen LogP contribution in [0.4, 0.5) is 0 Å². The first-order valence-electron chi connectivity index (χ1n) is 32.3. The van der Waals surface area contributed by atoms with Gasteiger partial charge < -0.3 is 20.3 Å². The van der Waals surface area contributed by atoms with Gasteiger partial charge in [-0.2, -0.15) is 0 Å². The molecular weight excluding hydrogens is 887 g/mol. The number of hydrogen-bond donors (Lipinski definition) is 3. The molecule has 424 valence electrons. The van der Waals surface area contributed by atoms with Crippen LogP contribution >= 0.6 is 0 Å². The molecule has 1 amide bonds. The van der Waals surface area contributed by atoms with Gasteiger partial charge in [0.2, 0.25) is 5.91 Å². The highest BCUT2D eigenvalue weighted by Crippen LogP contribution is 2.18. The molecular formula is C66H125NO5. The standard InChI is InChI=1S/C66H125NO5/c1-3-5-7-9-11-13-15-17-19-21-23-27-30-34-38-42-46-50-54-58-64(69)63(62-68)67-65(70)59-55-51-47-43-39-35-31-28-24-22-25-29-33-37-41-45-49-53-57-61-72-66(71)60-56-52-48-44-40-36-32-26-20-18-16-14-12-10-8-6-4-2/h29,33,37,41,54,58,63-64,68-69H,3-28,30-32,34-36,38-40,42-53,55-57,59-62H2,1-2H3,(H,67,70)/b33-29-,41-37-,58-54+. The maximum Gasteiger partial charge on any atom is 0.305 e. The van der Waals surface area contributed by atoms with Crippen molar-refractivity contribution in [3.05, 3.63) is 36.5 Å². The molecule has 2 atom stereocenters. The van der Waals surface area contributed by atoms with Crippen LogP contribution in [0.3, 0.4) is 0 Å². The van der Waals surface area contributed by atoms with Crippen LogP contribution in [0.25, 0.3) is 0 Å². The molecule has 6 heteroatoms. The van der Waals surface area contributed by atoms with Crippen LogP contribution in [-0.4, -0.2) is 47.4 Å². The molecule has 6 nitrogen and oxygen atoms in total. The number of unbranched alkanes of at least 4 members (excludes halogenated alkanes) is 46. The van der Waals surface area contributed by atoms with Crippen molar-refractivity contribution in [3.63, 3.8) is 0 Å². The minimum absolute atomic E-state index is 0.00984. The van der Waals surface area contributed by atoms with Crippen LogP contribution in [0.5, 0.6) is 0 Å². The van der Waals surface area contributed by atoms with E-state index in [4.69, 9.17) is 4.74 Å². The van der Waals surface area contributed by atoms with Gasteiger partial charge in [-0.15, -0.1) is 0 Å². The molecule has 0 rings (SSSR count). The molecule has 0 radical (unpaired) electrons. The number of rotatable bonds is 60. The Hall–Kier alpha value is -1.92. The van der Waals surface area contributed by atoms with E-state index in [1.807, 2.05) is 6.08 Å². The fourth-order valence-electron chi connectivity index (χ4n) is 9.98. The summed E-state index contributed by atoms with van der Waals surface area (Å²) in [5, 5.41) is 23.2. The molecule has 3 N–H and O–H groups in total. The molecule has 0 aromatic heterocycles. The van der Waals surface area contributed by atoms with Gasteiger partial charge in [-0.3, -0.25) is 9.59 Å². The molecule has 0 spiro atoms. The molecule has 2 unspecified atom stereocenters. The Morgan fingerprint density at radius 1 is 0.389 bits per heavy atom. The van der Waals surface area contributed by atoms with E-state index >= 15 is 0 Å². The zero-order valence-corrected chi connectivity index (χ0v) is 48.4. The van der Waals surface area contributed by atoms with Crippen molar-refractivity contribution in [1.82, 2.24) is 5.32 Å². The van der Waals surface area contributed by atoms with Crippen molar-refractivity contribution >= 4 is 11.9 Å². The van der Waals surface area contributed by atoms with Crippen LogP contribution < -0.4 is 5.32 Å².